The van der Waals surface area contributed by atoms with E-state index in [4.69, 9.17) is 4.74 Å². The fraction of sp³-hybridized carbons (Fsp3) is 0.500. The molecule has 3 nitrogen and oxygen atoms in total. The Morgan fingerprint density at radius 3 is 2.95 bits per heavy atom. The maximum absolute atomic E-state index is 11.8. The number of cyclic esters (lactones) is 1. The molecule has 1 unspecified atom stereocenters. The number of ether oxygens (including phenoxy) is 1. The van der Waals surface area contributed by atoms with Crippen molar-refractivity contribution in [3.8, 4) is 0 Å². The summed E-state index contributed by atoms with van der Waals surface area (Å²) in [6.07, 6.45) is 13.4. The summed E-state index contributed by atoms with van der Waals surface area (Å²) in [5.41, 5.74) is 0.847. The van der Waals surface area contributed by atoms with Crippen molar-refractivity contribution in [3.05, 3.63) is 36.0 Å². The van der Waals surface area contributed by atoms with E-state index < -0.39 is 0 Å². The summed E-state index contributed by atoms with van der Waals surface area (Å²) < 4.78 is 5.27. The van der Waals surface area contributed by atoms with E-state index in [1.165, 1.54) is 0 Å². The normalized spacial score (nSPS) is 29.4. The third kappa shape index (κ3) is 3.66. The number of hydrogen-bond donors (Lipinski definition) is 0. The zero-order valence-corrected chi connectivity index (χ0v) is 11.3. The van der Waals surface area contributed by atoms with Crippen molar-refractivity contribution in [2.24, 2.45) is 5.92 Å². The number of rotatable bonds is 4. The zero-order chi connectivity index (χ0) is 13.7. The molecule has 0 radical (unpaired) electrons. The quantitative estimate of drug-likeness (QED) is 0.443. The van der Waals surface area contributed by atoms with E-state index in [0.717, 1.165) is 24.8 Å². The fourth-order valence-electron chi connectivity index (χ4n) is 2.53. The number of carbonyl (C=O) groups is 2. The van der Waals surface area contributed by atoms with Gasteiger partial charge in [0, 0.05) is 24.3 Å². The minimum atomic E-state index is -0.115. The number of allylic oxidation sites excluding steroid dienone is 5. The van der Waals surface area contributed by atoms with Crippen LogP contribution in [0.4, 0.5) is 0 Å². The van der Waals surface area contributed by atoms with Gasteiger partial charge in [0.1, 0.15) is 6.10 Å². The molecule has 0 N–H and O–H groups in total. The van der Waals surface area contributed by atoms with Crippen molar-refractivity contribution in [1.82, 2.24) is 0 Å². The van der Waals surface area contributed by atoms with E-state index in [2.05, 4.69) is 6.08 Å². The van der Waals surface area contributed by atoms with Gasteiger partial charge in [0.05, 0.1) is 0 Å². The highest BCUT2D eigenvalue weighted by Gasteiger charge is 2.24. The first-order chi connectivity index (χ1) is 9.20. The molecule has 0 aromatic rings. The average molecular weight is 260 g/mol. The van der Waals surface area contributed by atoms with Crippen molar-refractivity contribution in [2.45, 2.75) is 45.1 Å². The molecule has 0 saturated carbocycles. The smallest absolute Gasteiger partial charge is 0.306 e. The van der Waals surface area contributed by atoms with Gasteiger partial charge in [0.15, 0.2) is 5.78 Å². The Balaban J connectivity index is 1.96. The van der Waals surface area contributed by atoms with E-state index in [0.29, 0.717) is 12.8 Å². The Hall–Kier alpha value is -1.64. The molecule has 3 heteroatoms. The molecule has 102 valence electrons. The van der Waals surface area contributed by atoms with E-state index in [1.54, 1.807) is 6.08 Å². The molecule has 0 spiro atoms. The van der Waals surface area contributed by atoms with Crippen LogP contribution in [0.2, 0.25) is 0 Å². The van der Waals surface area contributed by atoms with Crippen molar-refractivity contribution in [3.63, 3.8) is 0 Å². The van der Waals surface area contributed by atoms with Crippen LogP contribution in [0.5, 0.6) is 0 Å². The second-order valence-corrected chi connectivity index (χ2v) is 5.03. The van der Waals surface area contributed by atoms with Crippen LogP contribution >= 0.6 is 0 Å². The van der Waals surface area contributed by atoms with Gasteiger partial charge < -0.3 is 4.74 Å². The van der Waals surface area contributed by atoms with Crippen molar-refractivity contribution in [1.29, 1.82) is 0 Å². The van der Waals surface area contributed by atoms with Crippen LogP contribution in [-0.4, -0.2) is 17.9 Å². The van der Waals surface area contributed by atoms with Gasteiger partial charge in [-0.1, -0.05) is 24.3 Å². The second-order valence-electron chi connectivity index (χ2n) is 5.03. The predicted molar refractivity (Wildman–Crippen MR) is 73.5 cm³/mol. The molecule has 1 aliphatic carbocycles. The van der Waals surface area contributed by atoms with Gasteiger partial charge in [-0.2, -0.15) is 0 Å². The minimum absolute atomic E-state index is 0.0514. The van der Waals surface area contributed by atoms with E-state index >= 15 is 0 Å². The molecule has 1 heterocycles. The summed E-state index contributed by atoms with van der Waals surface area (Å²) in [4.78, 5) is 23.0. The predicted octanol–water partition coefficient (Wildman–Crippen LogP) is 3.12. The summed E-state index contributed by atoms with van der Waals surface area (Å²) in [7, 11) is 0. The standard InChI is InChI=1S/C16H20O3/c1-2-3-5-12-8-11-15(17)14(12)10-9-13-6-4-7-16(18)19-13/h2-3,8,10-13H,4-7,9H2,1H3/b3-2-,14-10+/t12-,13?/m0/s1. The summed E-state index contributed by atoms with van der Waals surface area (Å²) in [6.45, 7) is 1.98. The SMILES string of the molecule is C/C=C\C[C@H]1C=CC(=O)/C1=C/CC1CCCC(=O)O1. The van der Waals surface area contributed by atoms with Crippen LogP contribution in [0, 0.1) is 5.92 Å². The van der Waals surface area contributed by atoms with Crippen LogP contribution in [0.15, 0.2) is 36.0 Å². The monoisotopic (exact) mass is 260 g/mol. The van der Waals surface area contributed by atoms with Crippen LogP contribution in [0.1, 0.15) is 39.0 Å². The third-order valence-electron chi connectivity index (χ3n) is 3.60. The lowest BCUT2D eigenvalue weighted by molar-refractivity contribution is -0.153. The third-order valence-corrected chi connectivity index (χ3v) is 3.60. The maximum atomic E-state index is 11.8. The van der Waals surface area contributed by atoms with Gasteiger partial charge in [0.25, 0.3) is 0 Å². The second kappa shape index (κ2) is 6.50. The molecule has 1 aliphatic heterocycles. The molecule has 1 saturated heterocycles. The molecule has 0 amide bonds. The van der Waals surface area contributed by atoms with Crippen LogP contribution in [0.3, 0.4) is 0 Å². The Morgan fingerprint density at radius 2 is 2.21 bits per heavy atom. The topological polar surface area (TPSA) is 43.4 Å². The van der Waals surface area contributed by atoms with Gasteiger partial charge >= 0.3 is 5.97 Å². The highest BCUT2D eigenvalue weighted by atomic mass is 16.5. The van der Waals surface area contributed by atoms with Crippen molar-refractivity contribution >= 4 is 11.8 Å². The molecular formula is C16H20O3. The highest BCUT2D eigenvalue weighted by Crippen LogP contribution is 2.27. The zero-order valence-electron chi connectivity index (χ0n) is 11.3. The first-order valence-corrected chi connectivity index (χ1v) is 6.94. The summed E-state index contributed by atoms with van der Waals surface area (Å²) in [5.74, 6) is 0.163. The average Bonchev–Trinajstić information content (AvgIpc) is 2.75. The van der Waals surface area contributed by atoms with Crippen LogP contribution in [0.25, 0.3) is 0 Å². The molecule has 2 atom stereocenters. The minimum Gasteiger partial charge on any atom is -0.462 e. The Bertz CT molecular complexity index is 443. The summed E-state index contributed by atoms with van der Waals surface area (Å²) in [6, 6.07) is 0. The lowest BCUT2D eigenvalue weighted by Crippen LogP contribution is -2.23. The lowest BCUT2D eigenvalue weighted by atomic mass is 9.95. The Morgan fingerprint density at radius 1 is 1.37 bits per heavy atom. The summed E-state index contributed by atoms with van der Waals surface area (Å²) in [5, 5.41) is 0. The molecule has 0 aromatic carbocycles. The van der Waals surface area contributed by atoms with Crippen LogP contribution in [-0.2, 0) is 14.3 Å². The molecule has 0 bridgehead atoms. The molecule has 1 fully saturated rings. The van der Waals surface area contributed by atoms with E-state index in [1.807, 2.05) is 25.2 Å². The Labute approximate surface area is 114 Å². The first kappa shape index (κ1) is 13.8. The summed E-state index contributed by atoms with van der Waals surface area (Å²) >= 11 is 0. The largest absolute Gasteiger partial charge is 0.462 e. The number of carbonyl (C=O) groups excluding carboxylic acids is 2. The maximum Gasteiger partial charge on any atom is 0.306 e. The van der Waals surface area contributed by atoms with Gasteiger partial charge in [-0.3, -0.25) is 9.59 Å². The first-order valence-electron chi connectivity index (χ1n) is 6.94. The highest BCUT2D eigenvalue weighted by molar-refractivity contribution is 6.07. The lowest BCUT2D eigenvalue weighted by Gasteiger charge is -2.21. The fourth-order valence-corrected chi connectivity index (χ4v) is 2.53. The molecule has 0 aromatic heterocycles. The van der Waals surface area contributed by atoms with E-state index in [-0.39, 0.29) is 23.8 Å². The molecule has 2 aliphatic rings. The van der Waals surface area contributed by atoms with Crippen LogP contribution < -0.4 is 0 Å². The van der Waals surface area contributed by atoms with Gasteiger partial charge in [-0.05, 0) is 32.3 Å². The number of ketones is 1. The number of hydrogen-bond acceptors (Lipinski definition) is 3. The molecular weight excluding hydrogens is 240 g/mol. The van der Waals surface area contributed by atoms with Gasteiger partial charge in [-0.25, -0.2) is 0 Å². The van der Waals surface area contributed by atoms with E-state index in [9.17, 15) is 9.59 Å². The van der Waals surface area contributed by atoms with Crippen molar-refractivity contribution < 1.29 is 14.3 Å². The molecule has 19 heavy (non-hydrogen) atoms. The van der Waals surface area contributed by atoms with Crippen molar-refractivity contribution in [2.75, 3.05) is 0 Å². The van der Waals surface area contributed by atoms with Gasteiger partial charge in [0.2, 0.25) is 0 Å². The Kier molecular flexibility index (Phi) is 4.72. The number of esters is 1. The van der Waals surface area contributed by atoms with Gasteiger partial charge in [-0.15, -0.1) is 0 Å². The molecule has 2 rings (SSSR count).